The second-order valence-electron chi connectivity index (χ2n) is 5.29. The van der Waals surface area contributed by atoms with Gasteiger partial charge in [0.05, 0.1) is 7.11 Å². The quantitative estimate of drug-likeness (QED) is 0.422. The average Bonchev–Trinajstić information content (AvgIpc) is 3.08. The summed E-state index contributed by atoms with van der Waals surface area (Å²) in [5, 5.41) is 25.9. The summed E-state index contributed by atoms with van der Waals surface area (Å²) in [5.74, 6) is 0.568. The molecule has 0 saturated heterocycles. The van der Waals surface area contributed by atoms with Crippen LogP contribution in [0, 0.1) is 19.1 Å². The average molecular weight is 382 g/mol. The van der Waals surface area contributed by atoms with Crippen LogP contribution >= 0.6 is 23.2 Å². The van der Waals surface area contributed by atoms with E-state index in [9.17, 15) is 10.3 Å². The van der Waals surface area contributed by atoms with Crippen molar-refractivity contribution in [1.29, 1.82) is 0 Å². The molecule has 0 aliphatic carbocycles. The van der Waals surface area contributed by atoms with E-state index in [-0.39, 0.29) is 33.4 Å². The lowest BCUT2D eigenvalue weighted by Gasteiger charge is -2.10. The smallest absolute Gasteiger partial charge is 0.298 e. The van der Waals surface area contributed by atoms with Gasteiger partial charge in [-0.2, -0.15) is 9.71 Å². The molecular formula is C16H13Cl2N3O4. The van der Waals surface area contributed by atoms with E-state index in [0.29, 0.717) is 27.1 Å². The van der Waals surface area contributed by atoms with Gasteiger partial charge in [0.2, 0.25) is 11.5 Å². The van der Waals surface area contributed by atoms with E-state index in [1.165, 1.54) is 13.2 Å². The summed E-state index contributed by atoms with van der Waals surface area (Å²) in [6.07, 6.45) is 0. The predicted octanol–water partition coefficient (Wildman–Crippen LogP) is 3.67. The highest BCUT2D eigenvalue weighted by molar-refractivity contribution is 6.34. The fraction of sp³-hybridized carbons (Fsp3) is 0.188. The number of phenols is 1. The van der Waals surface area contributed by atoms with Gasteiger partial charge >= 0.3 is 0 Å². The van der Waals surface area contributed by atoms with Crippen LogP contribution in [-0.4, -0.2) is 22.4 Å². The molecule has 2 heterocycles. The zero-order valence-corrected chi connectivity index (χ0v) is 15.0. The Morgan fingerprint density at radius 3 is 2.68 bits per heavy atom. The first-order valence-electron chi connectivity index (χ1n) is 7.14. The molecule has 0 aliphatic rings. The molecule has 0 saturated carbocycles. The van der Waals surface area contributed by atoms with Crippen LogP contribution in [0.1, 0.15) is 11.3 Å². The Morgan fingerprint density at radius 1 is 1.28 bits per heavy atom. The van der Waals surface area contributed by atoms with E-state index in [1.54, 1.807) is 26.0 Å². The zero-order chi connectivity index (χ0) is 18.3. The molecule has 130 valence electrons. The molecule has 0 radical (unpaired) electrons. The molecule has 1 aromatic carbocycles. The molecule has 0 amide bonds. The third kappa shape index (κ3) is 2.85. The summed E-state index contributed by atoms with van der Waals surface area (Å²) in [6.45, 7) is 3.29. The van der Waals surface area contributed by atoms with Crippen molar-refractivity contribution in [2.75, 3.05) is 7.11 Å². The molecular weight excluding hydrogens is 369 g/mol. The van der Waals surface area contributed by atoms with E-state index < -0.39 is 0 Å². The van der Waals surface area contributed by atoms with Gasteiger partial charge < -0.3 is 19.6 Å². The molecule has 0 spiro atoms. The van der Waals surface area contributed by atoms with Crippen molar-refractivity contribution in [2.24, 2.45) is 0 Å². The minimum Gasteiger partial charge on any atom is -0.617 e. The van der Waals surface area contributed by atoms with Crippen LogP contribution in [0.3, 0.4) is 0 Å². The number of aromatic hydroxyl groups is 1. The number of hydrogen-bond donors (Lipinski definition) is 1. The van der Waals surface area contributed by atoms with Crippen LogP contribution in [0.4, 0.5) is 0 Å². The number of halogens is 2. The highest BCUT2D eigenvalue weighted by atomic mass is 35.5. The van der Waals surface area contributed by atoms with E-state index >= 15 is 0 Å². The van der Waals surface area contributed by atoms with E-state index in [0.717, 1.165) is 0 Å². The summed E-state index contributed by atoms with van der Waals surface area (Å²) < 4.78 is 10.8. The summed E-state index contributed by atoms with van der Waals surface area (Å²) in [7, 11) is 1.43. The minimum atomic E-state index is -0.0879. The summed E-state index contributed by atoms with van der Waals surface area (Å²) >= 11 is 12.3. The third-order valence-corrected chi connectivity index (χ3v) is 4.69. The Balaban J connectivity index is 2.12. The topological polar surface area (TPSA) is 95.3 Å². The van der Waals surface area contributed by atoms with Crippen molar-refractivity contribution in [3.8, 4) is 34.3 Å². The maximum atomic E-state index is 12.1. The highest BCUT2D eigenvalue weighted by Gasteiger charge is 2.26. The Bertz CT molecular complexity index is 943. The molecule has 25 heavy (non-hydrogen) atoms. The zero-order valence-electron chi connectivity index (χ0n) is 13.5. The first-order chi connectivity index (χ1) is 11.8. The van der Waals surface area contributed by atoms with E-state index in [1.807, 2.05) is 0 Å². The van der Waals surface area contributed by atoms with Gasteiger partial charge in [-0.25, -0.2) is 0 Å². The van der Waals surface area contributed by atoms with Crippen molar-refractivity contribution in [2.45, 2.75) is 13.8 Å². The molecule has 0 atom stereocenters. The van der Waals surface area contributed by atoms with E-state index in [2.05, 4.69) is 10.1 Å². The van der Waals surface area contributed by atoms with Gasteiger partial charge in [0.25, 0.3) is 11.0 Å². The fourth-order valence-corrected chi connectivity index (χ4v) is 2.91. The summed E-state index contributed by atoms with van der Waals surface area (Å²) in [4.78, 5) is 4.28. The maximum absolute atomic E-state index is 12.1. The van der Waals surface area contributed by atoms with Crippen molar-refractivity contribution >= 4 is 23.2 Å². The number of phenolic OH excluding ortho intramolecular Hbond substituents is 1. The molecule has 3 aromatic rings. The minimum absolute atomic E-state index is 0.0115. The molecule has 2 aromatic heterocycles. The largest absolute Gasteiger partial charge is 0.617 e. The monoisotopic (exact) mass is 381 g/mol. The van der Waals surface area contributed by atoms with Gasteiger partial charge in [-0.05, 0) is 42.3 Å². The van der Waals surface area contributed by atoms with Gasteiger partial charge in [0, 0.05) is 12.5 Å². The van der Waals surface area contributed by atoms with Crippen LogP contribution in [0.25, 0.3) is 22.8 Å². The fourth-order valence-electron chi connectivity index (χ4n) is 2.39. The second kappa shape index (κ2) is 6.42. The number of hydrogen-bond acceptors (Lipinski definition) is 6. The van der Waals surface area contributed by atoms with Gasteiger partial charge in [-0.3, -0.25) is 0 Å². The molecule has 9 heteroatoms. The van der Waals surface area contributed by atoms with E-state index in [4.69, 9.17) is 32.5 Å². The Morgan fingerprint density at radius 2 is 2.00 bits per heavy atom. The Labute approximate surface area is 153 Å². The summed E-state index contributed by atoms with van der Waals surface area (Å²) in [6, 6.07) is 4.60. The summed E-state index contributed by atoms with van der Waals surface area (Å²) in [5.41, 5.74) is 1.70. The van der Waals surface area contributed by atoms with Crippen molar-refractivity contribution in [3.63, 3.8) is 0 Å². The van der Waals surface area contributed by atoms with Crippen molar-refractivity contribution in [1.82, 2.24) is 10.1 Å². The molecule has 3 rings (SSSR count). The molecule has 0 unspecified atom stereocenters. The lowest BCUT2D eigenvalue weighted by molar-refractivity contribution is -0.609. The van der Waals surface area contributed by atoms with Gasteiger partial charge in [0.1, 0.15) is 10.6 Å². The molecule has 0 fully saturated rings. The van der Waals surface area contributed by atoms with Gasteiger partial charge in [0.15, 0.2) is 11.5 Å². The normalized spacial score (nSPS) is 10.9. The van der Waals surface area contributed by atoms with Crippen LogP contribution in [0.15, 0.2) is 22.7 Å². The number of methoxy groups -OCH3 is 1. The first-order valence-corrected chi connectivity index (χ1v) is 7.90. The Kier molecular flexibility index (Phi) is 4.45. The van der Waals surface area contributed by atoms with Crippen LogP contribution in [0.5, 0.6) is 11.5 Å². The predicted molar refractivity (Wildman–Crippen MR) is 91.8 cm³/mol. The lowest BCUT2D eigenvalue weighted by atomic mass is 10.1. The highest BCUT2D eigenvalue weighted by Crippen LogP contribution is 2.35. The number of ether oxygens (including phenoxy) is 1. The second-order valence-corrected chi connectivity index (χ2v) is 6.03. The Hall–Kier alpha value is -2.51. The van der Waals surface area contributed by atoms with Crippen molar-refractivity contribution < 1.29 is 19.1 Å². The maximum Gasteiger partial charge on any atom is 0.298 e. The first kappa shape index (κ1) is 17.3. The third-order valence-electron chi connectivity index (χ3n) is 3.79. The molecule has 0 bridgehead atoms. The molecule has 7 nitrogen and oxygen atoms in total. The van der Waals surface area contributed by atoms with Crippen LogP contribution < -0.4 is 9.47 Å². The number of aromatic nitrogens is 3. The number of rotatable bonds is 3. The van der Waals surface area contributed by atoms with Gasteiger partial charge in [-0.15, -0.1) is 0 Å². The molecule has 1 N–H and O–H groups in total. The number of pyridine rings is 1. The van der Waals surface area contributed by atoms with Gasteiger partial charge in [-0.1, -0.05) is 16.8 Å². The van der Waals surface area contributed by atoms with Crippen LogP contribution in [-0.2, 0) is 0 Å². The number of nitrogens with zero attached hydrogens (tertiary/aromatic N) is 3. The van der Waals surface area contributed by atoms with Crippen molar-refractivity contribution in [3.05, 3.63) is 44.8 Å². The number of benzene rings is 1. The molecule has 0 aliphatic heterocycles. The lowest BCUT2D eigenvalue weighted by Crippen LogP contribution is -2.33. The van der Waals surface area contributed by atoms with Crippen LogP contribution in [0.2, 0.25) is 10.2 Å². The SMILES string of the molecule is COc1cc(-c2nc(-c3c(C)c(Cl)c(C)[n+]([O-])c3Cl)no2)ccc1O. The standard InChI is InChI=1S/C16H13Cl2N3O4/c1-7-12(14(18)21(23)8(2)13(7)17)15-19-16(25-20-15)9-4-5-10(22)11(6-9)24-3/h4-6,22H,1-3H3.